The van der Waals surface area contributed by atoms with Gasteiger partial charge in [-0.2, -0.15) is 0 Å². The topological polar surface area (TPSA) is 47.3 Å². The Kier molecular flexibility index (Phi) is 3.90. The van der Waals surface area contributed by atoms with Crippen LogP contribution in [0.3, 0.4) is 0 Å². The third kappa shape index (κ3) is 2.96. The molecule has 0 unspecified atom stereocenters. The van der Waals surface area contributed by atoms with Crippen LogP contribution in [-0.4, -0.2) is 7.11 Å². The van der Waals surface area contributed by atoms with Gasteiger partial charge in [0.05, 0.1) is 18.5 Å². The molecule has 2 rings (SSSR count). The fourth-order valence-electron chi connectivity index (χ4n) is 1.82. The van der Waals surface area contributed by atoms with Crippen molar-refractivity contribution in [2.75, 3.05) is 18.2 Å². The highest BCUT2D eigenvalue weighted by molar-refractivity contribution is 5.67. The molecule has 4 heteroatoms. The van der Waals surface area contributed by atoms with Crippen molar-refractivity contribution in [2.45, 2.75) is 13.3 Å². The SMILES string of the molecule is CCc1ccc(Nc2cc(OC)c(N)cc2F)cc1. The van der Waals surface area contributed by atoms with E-state index in [2.05, 4.69) is 12.2 Å². The second-order valence-corrected chi connectivity index (χ2v) is 4.25. The molecule has 3 N–H and O–H groups in total. The van der Waals surface area contributed by atoms with E-state index in [1.165, 1.54) is 18.7 Å². The van der Waals surface area contributed by atoms with Crippen molar-refractivity contribution in [1.82, 2.24) is 0 Å². The molecule has 0 radical (unpaired) electrons. The number of rotatable bonds is 4. The average Bonchev–Trinajstić information content (AvgIpc) is 2.42. The molecule has 0 aromatic heterocycles. The van der Waals surface area contributed by atoms with Gasteiger partial charge in [-0.25, -0.2) is 4.39 Å². The highest BCUT2D eigenvalue weighted by Crippen LogP contribution is 2.30. The van der Waals surface area contributed by atoms with Crippen LogP contribution in [0.5, 0.6) is 5.75 Å². The van der Waals surface area contributed by atoms with Gasteiger partial charge in [0.25, 0.3) is 0 Å². The first-order valence-electron chi connectivity index (χ1n) is 6.13. The Morgan fingerprint density at radius 3 is 2.47 bits per heavy atom. The van der Waals surface area contributed by atoms with E-state index in [4.69, 9.17) is 10.5 Å². The van der Waals surface area contributed by atoms with Crippen molar-refractivity contribution in [1.29, 1.82) is 0 Å². The molecule has 0 saturated heterocycles. The summed E-state index contributed by atoms with van der Waals surface area (Å²) in [6.45, 7) is 2.09. The van der Waals surface area contributed by atoms with Gasteiger partial charge in [0.1, 0.15) is 11.6 Å². The monoisotopic (exact) mass is 260 g/mol. The summed E-state index contributed by atoms with van der Waals surface area (Å²) in [5.41, 5.74) is 8.33. The molecule has 100 valence electrons. The normalized spacial score (nSPS) is 10.3. The molecule has 0 saturated carbocycles. The summed E-state index contributed by atoms with van der Waals surface area (Å²) in [5.74, 6) is 0.0481. The lowest BCUT2D eigenvalue weighted by Gasteiger charge is -2.11. The Hall–Kier alpha value is -2.23. The van der Waals surface area contributed by atoms with Crippen LogP contribution in [0.25, 0.3) is 0 Å². The Bertz CT molecular complexity index is 567. The molecule has 0 aliphatic carbocycles. The number of nitrogens with two attached hydrogens (primary N) is 1. The smallest absolute Gasteiger partial charge is 0.148 e. The molecule has 3 nitrogen and oxygen atoms in total. The van der Waals surface area contributed by atoms with E-state index in [0.717, 1.165) is 12.1 Å². The van der Waals surface area contributed by atoms with Gasteiger partial charge < -0.3 is 15.8 Å². The molecule has 19 heavy (non-hydrogen) atoms. The fraction of sp³-hybridized carbons (Fsp3) is 0.200. The lowest BCUT2D eigenvalue weighted by atomic mass is 10.1. The van der Waals surface area contributed by atoms with Crippen molar-refractivity contribution in [3.05, 3.63) is 47.8 Å². The second kappa shape index (κ2) is 5.61. The summed E-state index contributed by atoms with van der Waals surface area (Å²) in [6.07, 6.45) is 0.977. The van der Waals surface area contributed by atoms with Crippen LogP contribution in [0.15, 0.2) is 36.4 Å². The summed E-state index contributed by atoms with van der Waals surface area (Å²) < 4.78 is 18.9. The predicted molar refractivity (Wildman–Crippen MR) is 76.5 cm³/mol. The van der Waals surface area contributed by atoms with Crippen molar-refractivity contribution in [2.24, 2.45) is 0 Å². The largest absolute Gasteiger partial charge is 0.495 e. The predicted octanol–water partition coefficient (Wildman–Crippen LogP) is 3.72. The van der Waals surface area contributed by atoms with Crippen molar-refractivity contribution in [3.63, 3.8) is 0 Å². The van der Waals surface area contributed by atoms with Crippen LogP contribution in [0.4, 0.5) is 21.5 Å². The van der Waals surface area contributed by atoms with E-state index in [1.807, 2.05) is 24.3 Å². The molecule has 0 amide bonds. The number of ether oxygens (including phenoxy) is 1. The van der Waals surface area contributed by atoms with Gasteiger partial charge in [-0.15, -0.1) is 0 Å². The number of methoxy groups -OCH3 is 1. The summed E-state index contributed by atoms with van der Waals surface area (Å²) >= 11 is 0. The van der Waals surface area contributed by atoms with Gasteiger partial charge in [0.2, 0.25) is 0 Å². The molecule has 0 bridgehead atoms. The van der Waals surface area contributed by atoms with Crippen LogP contribution in [0.1, 0.15) is 12.5 Å². The number of halogens is 1. The minimum Gasteiger partial charge on any atom is -0.495 e. The van der Waals surface area contributed by atoms with E-state index in [9.17, 15) is 4.39 Å². The first-order chi connectivity index (χ1) is 9.13. The zero-order valence-corrected chi connectivity index (χ0v) is 11.0. The zero-order valence-electron chi connectivity index (χ0n) is 11.0. The van der Waals surface area contributed by atoms with Crippen LogP contribution in [-0.2, 0) is 6.42 Å². The third-order valence-electron chi connectivity index (χ3n) is 2.96. The van der Waals surface area contributed by atoms with E-state index in [0.29, 0.717) is 11.4 Å². The third-order valence-corrected chi connectivity index (χ3v) is 2.96. The number of hydrogen-bond acceptors (Lipinski definition) is 3. The molecule has 2 aromatic carbocycles. The van der Waals surface area contributed by atoms with Crippen molar-refractivity contribution < 1.29 is 9.13 Å². The van der Waals surface area contributed by atoms with Crippen LogP contribution < -0.4 is 15.8 Å². The first kappa shape index (κ1) is 13.2. The van der Waals surface area contributed by atoms with E-state index in [-0.39, 0.29) is 5.69 Å². The molecular formula is C15H17FN2O. The minimum absolute atomic E-state index is 0.284. The second-order valence-electron chi connectivity index (χ2n) is 4.25. The summed E-state index contributed by atoms with van der Waals surface area (Å²) in [4.78, 5) is 0. The van der Waals surface area contributed by atoms with Crippen LogP contribution >= 0.6 is 0 Å². The highest BCUT2D eigenvalue weighted by atomic mass is 19.1. The van der Waals surface area contributed by atoms with Gasteiger partial charge in [0, 0.05) is 17.8 Å². The quantitative estimate of drug-likeness (QED) is 0.823. The maximum atomic E-state index is 13.8. The number of aryl methyl sites for hydroxylation is 1. The molecule has 0 spiro atoms. The number of hydrogen-bond donors (Lipinski definition) is 2. The Morgan fingerprint density at radius 2 is 1.89 bits per heavy atom. The molecule has 0 aliphatic rings. The van der Waals surface area contributed by atoms with Gasteiger partial charge >= 0.3 is 0 Å². The molecule has 2 aromatic rings. The van der Waals surface area contributed by atoms with Crippen molar-refractivity contribution in [3.8, 4) is 5.75 Å². The number of anilines is 3. The maximum Gasteiger partial charge on any atom is 0.148 e. The Balaban J connectivity index is 2.26. The fourth-order valence-corrected chi connectivity index (χ4v) is 1.82. The maximum absolute atomic E-state index is 13.8. The van der Waals surface area contributed by atoms with E-state index in [1.54, 1.807) is 6.07 Å². The van der Waals surface area contributed by atoms with Crippen LogP contribution in [0, 0.1) is 5.82 Å². The lowest BCUT2D eigenvalue weighted by Crippen LogP contribution is -1.99. The first-order valence-corrected chi connectivity index (χ1v) is 6.13. The Morgan fingerprint density at radius 1 is 1.21 bits per heavy atom. The lowest BCUT2D eigenvalue weighted by molar-refractivity contribution is 0.416. The van der Waals surface area contributed by atoms with Gasteiger partial charge in [0.15, 0.2) is 0 Å². The average molecular weight is 260 g/mol. The zero-order chi connectivity index (χ0) is 13.8. The van der Waals surface area contributed by atoms with Crippen LogP contribution in [0.2, 0.25) is 0 Å². The standard InChI is InChI=1S/C15H17FN2O/c1-3-10-4-6-11(7-5-10)18-14-9-15(19-2)13(17)8-12(14)16/h4-9,18H,3,17H2,1-2H3. The highest BCUT2D eigenvalue weighted by Gasteiger charge is 2.08. The summed E-state index contributed by atoms with van der Waals surface area (Å²) in [7, 11) is 1.50. The minimum atomic E-state index is -0.405. The number of benzene rings is 2. The number of nitrogens with one attached hydrogen (secondary N) is 1. The van der Waals surface area contributed by atoms with Gasteiger partial charge in [-0.3, -0.25) is 0 Å². The number of nitrogen functional groups attached to an aromatic ring is 1. The van der Waals surface area contributed by atoms with Gasteiger partial charge in [-0.05, 0) is 24.1 Å². The van der Waals surface area contributed by atoms with E-state index >= 15 is 0 Å². The molecule has 0 atom stereocenters. The van der Waals surface area contributed by atoms with E-state index < -0.39 is 5.82 Å². The molecule has 0 heterocycles. The summed E-state index contributed by atoms with van der Waals surface area (Å²) in [5, 5.41) is 3.01. The molecular weight excluding hydrogens is 243 g/mol. The Labute approximate surface area is 112 Å². The van der Waals surface area contributed by atoms with Crippen molar-refractivity contribution >= 4 is 17.1 Å². The van der Waals surface area contributed by atoms with Gasteiger partial charge in [-0.1, -0.05) is 19.1 Å². The summed E-state index contributed by atoms with van der Waals surface area (Å²) in [6, 6.07) is 10.7. The molecule has 0 aliphatic heterocycles. The molecule has 0 fully saturated rings.